The largest absolute Gasteiger partial charge is 0.307 e. The zero-order chi connectivity index (χ0) is 19.0. The molecular weight excluding hydrogens is 356 g/mol. The molecular formula is C21H26N4OS. The van der Waals surface area contributed by atoms with E-state index in [-0.39, 0.29) is 17.7 Å². The molecule has 0 atom stereocenters. The predicted octanol–water partition coefficient (Wildman–Crippen LogP) is 5.09. The summed E-state index contributed by atoms with van der Waals surface area (Å²) in [5.41, 5.74) is 2.87. The summed E-state index contributed by atoms with van der Waals surface area (Å²) in [6.45, 7) is 6.42. The minimum Gasteiger partial charge on any atom is -0.307 e. The summed E-state index contributed by atoms with van der Waals surface area (Å²) >= 11 is 1.62. The number of carbonyl (C=O) groups is 1. The fraction of sp³-hybridized carbons (Fsp3) is 0.476. The van der Waals surface area contributed by atoms with E-state index >= 15 is 0 Å². The molecule has 2 aromatic heterocycles. The van der Waals surface area contributed by atoms with Crippen molar-refractivity contribution in [3.63, 3.8) is 0 Å². The van der Waals surface area contributed by atoms with Crippen molar-refractivity contribution in [2.75, 3.05) is 5.32 Å². The van der Waals surface area contributed by atoms with Crippen LogP contribution in [-0.4, -0.2) is 20.4 Å². The van der Waals surface area contributed by atoms with Crippen molar-refractivity contribution in [1.29, 1.82) is 0 Å². The van der Waals surface area contributed by atoms with E-state index in [0.717, 1.165) is 34.6 Å². The predicted molar refractivity (Wildman–Crippen MR) is 110 cm³/mol. The third-order valence-corrected chi connectivity index (χ3v) is 6.39. The smallest absolute Gasteiger partial charge is 0.232 e. The van der Waals surface area contributed by atoms with E-state index in [2.05, 4.69) is 41.7 Å². The van der Waals surface area contributed by atoms with E-state index in [1.165, 1.54) is 12.8 Å². The summed E-state index contributed by atoms with van der Waals surface area (Å²) in [6, 6.07) is 8.53. The molecule has 0 saturated heterocycles. The second kappa shape index (κ2) is 7.08. The van der Waals surface area contributed by atoms with Gasteiger partial charge in [0.15, 0.2) is 0 Å². The number of imidazole rings is 1. The first-order valence-corrected chi connectivity index (χ1v) is 10.5. The number of anilines is 1. The second-order valence-corrected chi connectivity index (χ2v) is 9.21. The average molecular weight is 383 g/mol. The van der Waals surface area contributed by atoms with Gasteiger partial charge in [-0.1, -0.05) is 45.7 Å². The molecule has 1 N–H and O–H groups in total. The molecule has 4 rings (SSSR count). The molecule has 1 saturated carbocycles. The second-order valence-electron chi connectivity index (χ2n) is 8.35. The van der Waals surface area contributed by atoms with E-state index in [9.17, 15) is 4.79 Å². The van der Waals surface area contributed by atoms with Crippen molar-refractivity contribution in [1.82, 2.24) is 14.5 Å². The Bertz CT molecular complexity index is 960. The van der Waals surface area contributed by atoms with Crippen molar-refractivity contribution < 1.29 is 4.79 Å². The number of hydrogen-bond donors (Lipinski definition) is 1. The molecule has 1 aromatic carbocycles. The fourth-order valence-corrected chi connectivity index (χ4v) is 4.64. The Morgan fingerprint density at radius 3 is 2.67 bits per heavy atom. The standard InChI is InChI=1S/C21H26N4OS/c1-21(2,3)19-22-14(13-27-19)12-18(26)24-20-23-16-10-6-7-11-17(16)25(20)15-8-4-5-9-15/h6-7,10-11,13,15H,4-5,8-9,12H2,1-3H3,(H,23,24,26). The highest BCUT2D eigenvalue weighted by molar-refractivity contribution is 7.09. The molecule has 6 heteroatoms. The van der Waals surface area contributed by atoms with Gasteiger partial charge in [0.05, 0.1) is 28.2 Å². The van der Waals surface area contributed by atoms with Gasteiger partial charge in [0.25, 0.3) is 0 Å². The van der Waals surface area contributed by atoms with Crippen molar-refractivity contribution in [2.24, 2.45) is 0 Å². The SMILES string of the molecule is CC(C)(C)c1nc(CC(=O)Nc2nc3ccccc3n2C2CCCC2)cs1. The average Bonchev–Trinajstić information content (AvgIpc) is 3.32. The Kier molecular flexibility index (Phi) is 4.76. The molecule has 2 heterocycles. The molecule has 0 unspecified atom stereocenters. The lowest BCUT2D eigenvalue weighted by Gasteiger charge is -2.16. The van der Waals surface area contributed by atoms with Crippen LogP contribution < -0.4 is 5.32 Å². The zero-order valence-corrected chi connectivity index (χ0v) is 17.0. The van der Waals surface area contributed by atoms with Crippen molar-refractivity contribution >= 4 is 34.2 Å². The third kappa shape index (κ3) is 3.76. The van der Waals surface area contributed by atoms with Gasteiger partial charge in [0, 0.05) is 16.8 Å². The molecule has 142 valence electrons. The number of nitrogens with one attached hydrogen (secondary N) is 1. The lowest BCUT2D eigenvalue weighted by molar-refractivity contribution is -0.115. The van der Waals surface area contributed by atoms with E-state index in [1.807, 2.05) is 23.6 Å². The molecule has 0 bridgehead atoms. The van der Waals surface area contributed by atoms with Gasteiger partial charge < -0.3 is 4.57 Å². The van der Waals surface area contributed by atoms with Crippen LogP contribution in [0.5, 0.6) is 0 Å². The highest BCUT2D eigenvalue weighted by Crippen LogP contribution is 2.35. The highest BCUT2D eigenvalue weighted by atomic mass is 32.1. The van der Waals surface area contributed by atoms with Crippen LogP contribution in [0.2, 0.25) is 0 Å². The maximum absolute atomic E-state index is 12.7. The summed E-state index contributed by atoms with van der Waals surface area (Å²) in [6.07, 6.45) is 5.03. The maximum atomic E-state index is 12.7. The molecule has 3 aromatic rings. The topological polar surface area (TPSA) is 59.8 Å². The van der Waals surface area contributed by atoms with Gasteiger partial charge >= 0.3 is 0 Å². The van der Waals surface area contributed by atoms with E-state index in [0.29, 0.717) is 12.0 Å². The van der Waals surface area contributed by atoms with Gasteiger partial charge in [-0.3, -0.25) is 10.1 Å². The lowest BCUT2D eigenvalue weighted by atomic mass is 9.98. The number of carbonyl (C=O) groups excluding carboxylic acids is 1. The number of aromatic nitrogens is 3. The number of para-hydroxylation sites is 2. The van der Waals surface area contributed by atoms with Gasteiger partial charge in [0.2, 0.25) is 11.9 Å². The first-order valence-electron chi connectivity index (χ1n) is 9.63. The molecule has 27 heavy (non-hydrogen) atoms. The lowest BCUT2D eigenvalue weighted by Crippen LogP contribution is -2.19. The minimum atomic E-state index is -0.0599. The van der Waals surface area contributed by atoms with Gasteiger partial charge in [-0.25, -0.2) is 9.97 Å². The number of amides is 1. The van der Waals surface area contributed by atoms with E-state index in [1.54, 1.807) is 11.3 Å². The summed E-state index contributed by atoms with van der Waals surface area (Å²) in [4.78, 5) is 22.0. The number of hydrogen-bond acceptors (Lipinski definition) is 4. The molecule has 0 radical (unpaired) electrons. The summed E-state index contributed by atoms with van der Waals surface area (Å²) in [7, 11) is 0. The van der Waals surface area contributed by atoms with Gasteiger partial charge in [-0.05, 0) is 25.0 Å². The van der Waals surface area contributed by atoms with Crippen LogP contribution in [0.15, 0.2) is 29.6 Å². The fourth-order valence-electron chi connectivity index (χ4n) is 3.73. The van der Waals surface area contributed by atoms with Crippen LogP contribution in [0, 0.1) is 0 Å². The monoisotopic (exact) mass is 382 g/mol. The normalized spacial score (nSPS) is 15.5. The number of nitrogens with zero attached hydrogens (tertiary/aromatic N) is 3. The van der Waals surface area contributed by atoms with Crippen LogP contribution >= 0.6 is 11.3 Å². The number of thiazole rings is 1. The molecule has 1 aliphatic carbocycles. The van der Waals surface area contributed by atoms with Gasteiger partial charge in [0.1, 0.15) is 0 Å². The molecule has 0 aliphatic heterocycles. The van der Waals surface area contributed by atoms with E-state index in [4.69, 9.17) is 4.98 Å². The Morgan fingerprint density at radius 1 is 1.22 bits per heavy atom. The third-order valence-electron chi connectivity index (χ3n) is 5.07. The highest BCUT2D eigenvalue weighted by Gasteiger charge is 2.24. The molecule has 5 nitrogen and oxygen atoms in total. The molecule has 1 fully saturated rings. The molecule has 1 amide bonds. The minimum absolute atomic E-state index is 0.00977. The number of fused-ring (bicyclic) bond motifs is 1. The van der Waals surface area contributed by atoms with Crippen LogP contribution in [0.4, 0.5) is 5.95 Å². The summed E-state index contributed by atoms with van der Waals surface area (Å²) in [5.74, 6) is 0.606. The maximum Gasteiger partial charge on any atom is 0.232 e. The Balaban J connectivity index is 1.56. The number of rotatable bonds is 4. The van der Waals surface area contributed by atoms with Crippen molar-refractivity contribution in [2.45, 2.75) is 64.3 Å². The van der Waals surface area contributed by atoms with Crippen LogP contribution in [0.3, 0.4) is 0 Å². The van der Waals surface area contributed by atoms with Crippen LogP contribution in [-0.2, 0) is 16.6 Å². The Morgan fingerprint density at radius 2 is 1.96 bits per heavy atom. The summed E-state index contributed by atoms with van der Waals surface area (Å²) in [5, 5.41) is 6.10. The molecule has 0 spiro atoms. The van der Waals surface area contributed by atoms with E-state index < -0.39 is 0 Å². The van der Waals surface area contributed by atoms with Crippen LogP contribution in [0.25, 0.3) is 11.0 Å². The Labute approximate surface area is 163 Å². The first-order chi connectivity index (χ1) is 12.9. The van der Waals surface area contributed by atoms with Crippen molar-refractivity contribution in [3.8, 4) is 0 Å². The van der Waals surface area contributed by atoms with Crippen LogP contribution in [0.1, 0.15) is 63.2 Å². The Hall–Kier alpha value is -2.21. The first kappa shape index (κ1) is 18.2. The quantitative estimate of drug-likeness (QED) is 0.684. The number of benzene rings is 1. The van der Waals surface area contributed by atoms with Crippen molar-refractivity contribution in [3.05, 3.63) is 40.3 Å². The zero-order valence-electron chi connectivity index (χ0n) is 16.2. The molecule has 1 aliphatic rings. The summed E-state index contributed by atoms with van der Waals surface area (Å²) < 4.78 is 2.22. The van der Waals surface area contributed by atoms with Gasteiger partial charge in [-0.15, -0.1) is 11.3 Å². The van der Waals surface area contributed by atoms with Gasteiger partial charge in [-0.2, -0.15) is 0 Å².